The van der Waals surface area contributed by atoms with E-state index in [4.69, 9.17) is 4.74 Å². The molecule has 2 aromatic carbocycles. The molecular weight excluding hydrogens is 420 g/mol. The van der Waals surface area contributed by atoms with E-state index in [0.717, 1.165) is 6.07 Å². The van der Waals surface area contributed by atoms with Crippen LogP contribution in [-0.2, 0) is 9.53 Å². The Morgan fingerprint density at radius 1 is 1.19 bits per heavy atom. The first-order chi connectivity index (χ1) is 15.0. The second-order valence-corrected chi connectivity index (χ2v) is 8.52. The molecular formula is C23H21F2N3O4. The molecule has 0 radical (unpaired) electrons. The van der Waals surface area contributed by atoms with Gasteiger partial charge in [0, 0.05) is 16.8 Å². The predicted molar refractivity (Wildman–Crippen MR) is 113 cm³/mol. The number of fused-ring (bicyclic) bond motifs is 1. The number of aliphatic hydroxyl groups is 1. The maximum atomic E-state index is 14.6. The van der Waals surface area contributed by atoms with Crippen LogP contribution in [-0.4, -0.2) is 32.3 Å². The zero-order valence-electron chi connectivity index (χ0n) is 17.9. The van der Waals surface area contributed by atoms with Gasteiger partial charge in [0.05, 0.1) is 17.1 Å². The molecule has 3 aromatic rings. The maximum absolute atomic E-state index is 14.6. The van der Waals surface area contributed by atoms with Crippen LogP contribution >= 0.6 is 0 Å². The monoisotopic (exact) mass is 441 g/mol. The number of ether oxygens (including phenoxy) is 1. The van der Waals surface area contributed by atoms with E-state index in [9.17, 15) is 23.5 Å². The first-order valence-electron chi connectivity index (χ1n) is 9.87. The van der Waals surface area contributed by atoms with Crippen LogP contribution < -0.4 is 4.90 Å². The number of amides is 1. The van der Waals surface area contributed by atoms with Crippen LogP contribution in [0.2, 0.25) is 0 Å². The van der Waals surface area contributed by atoms with E-state index in [-0.39, 0.29) is 11.1 Å². The largest absolute Gasteiger partial charge is 0.503 e. The Morgan fingerprint density at radius 2 is 1.91 bits per heavy atom. The van der Waals surface area contributed by atoms with Gasteiger partial charge in [0.15, 0.2) is 17.4 Å². The minimum absolute atomic E-state index is 0.0840. The van der Waals surface area contributed by atoms with Crippen molar-refractivity contribution >= 4 is 28.7 Å². The van der Waals surface area contributed by atoms with Crippen LogP contribution in [0.5, 0.6) is 0 Å². The fourth-order valence-electron chi connectivity index (χ4n) is 3.70. The minimum atomic E-state index is -1.10. The number of carbonyl (C=O) groups is 2. The van der Waals surface area contributed by atoms with Gasteiger partial charge < -0.3 is 9.84 Å². The second kappa shape index (κ2) is 7.44. The number of halogens is 2. The van der Waals surface area contributed by atoms with Crippen molar-refractivity contribution in [1.29, 1.82) is 0 Å². The van der Waals surface area contributed by atoms with Crippen molar-refractivity contribution in [3.8, 4) is 0 Å². The molecule has 4 rings (SSSR count). The van der Waals surface area contributed by atoms with E-state index in [1.54, 1.807) is 32.9 Å². The van der Waals surface area contributed by atoms with Crippen molar-refractivity contribution in [3.05, 3.63) is 71.3 Å². The molecule has 1 aliphatic rings. The van der Waals surface area contributed by atoms with Crippen molar-refractivity contribution in [1.82, 2.24) is 9.55 Å². The Balaban J connectivity index is 1.78. The van der Waals surface area contributed by atoms with Crippen molar-refractivity contribution in [2.75, 3.05) is 4.90 Å². The summed E-state index contributed by atoms with van der Waals surface area (Å²) >= 11 is 0. The van der Waals surface area contributed by atoms with Gasteiger partial charge in [-0.2, -0.15) is 0 Å². The molecule has 7 nitrogen and oxygen atoms in total. The lowest BCUT2D eigenvalue weighted by molar-refractivity contribution is -0.117. The zero-order chi connectivity index (χ0) is 23.4. The van der Waals surface area contributed by atoms with Crippen molar-refractivity contribution < 1.29 is 28.2 Å². The maximum Gasteiger partial charge on any atom is 0.420 e. The molecule has 0 fully saturated rings. The molecule has 0 spiro atoms. The van der Waals surface area contributed by atoms with Gasteiger partial charge in [0.25, 0.3) is 5.91 Å². The van der Waals surface area contributed by atoms with E-state index >= 15 is 0 Å². The number of aliphatic hydroxyl groups excluding tert-OH is 1. The molecule has 32 heavy (non-hydrogen) atoms. The number of hydrogen-bond acceptors (Lipinski definition) is 5. The Hall–Kier alpha value is -3.75. The first kappa shape index (κ1) is 21.5. The quantitative estimate of drug-likeness (QED) is 0.604. The molecule has 1 aliphatic heterocycles. The summed E-state index contributed by atoms with van der Waals surface area (Å²) in [6, 6.07) is 7.28. The molecule has 0 saturated heterocycles. The molecule has 0 bridgehead atoms. The second-order valence-electron chi connectivity index (χ2n) is 8.52. The fraction of sp³-hybridized carbons (Fsp3) is 0.261. The van der Waals surface area contributed by atoms with E-state index in [0.29, 0.717) is 16.7 Å². The summed E-state index contributed by atoms with van der Waals surface area (Å²) in [5.41, 5.74) is 0.534. The van der Waals surface area contributed by atoms with Crippen molar-refractivity contribution in [2.45, 2.75) is 39.3 Å². The van der Waals surface area contributed by atoms with Gasteiger partial charge in [-0.05, 0) is 52.0 Å². The first-order valence-corrected chi connectivity index (χ1v) is 9.87. The SMILES string of the molecule is CC1=C(O)C(=O)N(c2ccc3c(c2)ncn3C(=O)OC(C)(C)C)C1c1cccc(F)c1F. The van der Waals surface area contributed by atoms with E-state index in [2.05, 4.69) is 4.98 Å². The highest BCUT2D eigenvalue weighted by Gasteiger charge is 2.41. The highest BCUT2D eigenvalue weighted by Crippen LogP contribution is 2.41. The molecule has 2 heterocycles. The molecule has 1 N–H and O–H groups in total. The van der Waals surface area contributed by atoms with Gasteiger partial charge in [0.2, 0.25) is 0 Å². The Morgan fingerprint density at radius 3 is 2.59 bits per heavy atom. The Kier molecular flexibility index (Phi) is 4.99. The Bertz CT molecular complexity index is 1290. The third kappa shape index (κ3) is 3.49. The molecule has 1 aromatic heterocycles. The number of anilines is 1. The lowest BCUT2D eigenvalue weighted by Gasteiger charge is -2.27. The lowest BCUT2D eigenvalue weighted by atomic mass is 9.99. The van der Waals surface area contributed by atoms with Gasteiger partial charge in [-0.15, -0.1) is 0 Å². The predicted octanol–water partition coefficient (Wildman–Crippen LogP) is 5.02. The number of imidazole rings is 1. The number of rotatable bonds is 2. The molecule has 1 atom stereocenters. The van der Waals surface area contributed by atoms with Gasteiger partial charge in [0.1, 0.15) is 11.9 Å². The fourth-order valence-corrected chi connectivity index (χ4v) is 3.70. The van der Waals surface area contributed by atoms with Gasteiger partial charge in [-0.3, -0.25) is 9.69 Å². The summed E-state index contributed by atoms with van der Waals surface area (Å²) in [6.07, 6.45) is 0.693. The standard InChI is InChI=1S/C23H21F2N3O4/c1-12-19(14-6-5-7-15(24)18(14)25)28(21(30)20(12)29)13-8-9-17-16(10-13)26-11-27(17)22(31)32-23(2,3)4/h5-11,19,29H,1-4H3. The van der Waals surface area contributed by atoms with Gasteiger partial charge in [-0.25, -0.2) is 23.1 Å². The number of nitrogens with zero attached hydrogens (tertiary/aromatic N) is 3. The topological polar surface area (TPSA) is 84.7 Å². The van der Waals surface area contributed by atoms with Crippen molar-refractivity contribution in [2.24, 2.45) is 0 Å². The minimum Gasteiger partial charge on any atom is -0.503 e. The molecule has 0 aliphatic carbocycles. The van der Waals surface area contributed by atoms with E-state index in [1.165, 1.54) is 40.9 Å². The van der Waals surface area contributed by atoms with E-state index < -0.39 is 41.0 Å². The third-order valence-electron chi connectivity index (χ3n) is 5.14. The van der Waals surface area contributed by atoms with Crippen molar-refractivity contribution in [3.63, 3.8) is 0 Å². The summed E-state index contributed by atoms with van der Waals surface area (Å²) in [5, 5.41) is 10.3. The Labute approximate surface area is 182 Å². The van der Waals surface area contributed by atoms with Crippen LogP contribution in [0.25, 0.3) is 11.0 Å². The summed E-state index contributed by atoms with van der Waals surface area (Å²) in [7, 11) is 0. The van der Waals surface area contributed by atoms with Gasteiger partial charge >= 0.3 is 6.09 Å². The number of carbonyl (C=O) groups excluding carboxylic acids is 2. The molecule has 1 amide bonds. The van der Waals surface area contributed by atoms with Crippen LogP contribution in [0.4, 0.5) is 19.3 Å². The average Bonchev–Trinajstić information content (AvgIpc) is 3.23. The molecule has 1 unspecified atom stereocenters. The van der Waals surface area contributed by atoms with E-state index in [1.807, 2.05) is 0 Å². The van der Waals surface area contributed by atoms with Crippen LogP contribution in [0.3, 0.4) is 0 Å². The normalized spacial score (nSPS) is 16.9. The zero-order valence-corrected chi connectivity index (χ0v) is 17.9. The smallest absolute Gasteiger partial charge is 0.420 e. The molecule has 9 heteroatoms. The summed E-state index contributed by atoms with van der Waals surface area (Å²) in [6.45, 7) is 6.72. The number of aromatic nitrogens is 2. The van der Waals surface area contributed by atoms with Crippen LogP contribution in [0, 0.1) is 11.6 Å². The highest BCUT2D eigenvalue weighted by atomic mass is 19.2. The third-order valence-corrected chi connectivity index (χ3v) is 5.14. The summed E-state index contributed by atoms with van der Waals surface area (Å²) in [5.74, 6) is -3.43. The highest BCUT2D eigenvalue weighted by molar-refractivity contribution is 6.09. The average molecular weight is 441 g/mol. The molecule has 0 saturated carbocycles. The van der Waals surface area contributed by atoms with Crippen LogP contribution in [0.1, 0.15) is 39.3 Å². The lowest BCUT2D eigenvalue weighted by Crippen LogP contribution is -2.30. The molecule has 166 valence electrons. The van der Waals surface area contributed by atoms with Crippen LogP contribution in [0.15, 0.2) is 54.1 Å². The number of hydrogen-bond donors (Lipinski definition) is 1. The van der Waals surface area contributed by atoms with Gasteiger partial charge in [-0.1, -0.05) is 12.1 Å². The summed E-state index contributed by atoms with van der Waals surface area (Å²) in [4.78, 5) is 30.6. The number of benzene rings is 2. The summed E-state index contributed by atoms with van der Waals surface area (Å²) < 4.78 is 35.0.